The molecule has 0 bridgehead atoms. The van der Waals surface area contributed by atoms with Gasteiger partial charge in [0.2, 0.25) is 0 Å². The number of carboxylic acid groups (broad SMARTS) is 1. The predicted molar refractivity (Wildman–Crippen MR) is 398 cm³/mol. The number of aromatic nitrogens is 4. The summed E-state index contributed by atoms with van der Waals surface area (Å²) in [6.07, 6.45) is 5.81. The number of nitrogens with one attached hydrogen (secondary N) is 2. The highest BCUT2D eigenvalue weighted by Gasteiger charge is 2.33. The van der Waals surface area contributed by atoms with E-state index in [4.69, 9.17) is 14.2 Å². The number of alkyl carbamates (subject to hydrolysis) is 2. The van der Waals surface area contributed by atoms with Crippen molar-refractivity contribution >= 4 is 122 Å². The number of amides is 2. The molecular formula is C76H70Br5ClN6O8. The van der Waals surface area contributed by atoms with Crippen LogP contribution in [-0.2, 0) is 42.0 Å². The fourth-order valence-electron chi connectivity index (χ4n) is 10.2. The SMILES string of the molecule is BrCc1ccc(Br)nc1.C=C(c1ccccc1)c1ccccc1.CC(C)(C)OC(=O)[C@H](Cc1ccc(Br)nc1)NC(=O)OCC1c2ccccc2-c2ccccc21.Cc1ccc(Br)nc1.Cl.O=C(N[C@@H](Cc1ccc(Br)nc1)C(=O)O)OCC1c2ccccc2-c2ccccc21. The number of alkyl halides is 1. The molecule has 14 nitrogen and oxygen atoms in total. The summed E-state index contributed by atoms with van der Waals surface area (Å²) in [4.78, 5) is 65.9. The summed E-state index contributed by atoms with van der Waals surface area (Å²) in [5.74, 6) is -1.80. The van der Waals surface area contributed by atoms with Crippen LogP contribution < -0.4 is 10.6 Å². The van der Waals surface area contributed by atoms with Gasteiger partial charge in [0, 0.05) is 54.8 Å². The molecule has 2 amide bonds. The van der Waals surface area contributed by atoms with Crippen LogP contribution in [0, 0.1) is 6.92 Å². The molecule has 0 unspecified atom stereocenters. The third-order valence-electron chi connectivity index (χ3n) is 14.8. The van der Waals surface area contributed by atoms with Crippen LogP contribution in [0.5, 0.6) is 0 Å². The molecule has 0 saturated heterocycles. The van der Waals surface area contributed by atoms with E-state index in [1.165, 1.54) is 22.3 Å². The van der Waals surface area contributed by atoms with Gasteiger partial charge in [0.15, 0.2) is 0 Å². The monoisotopic (exact) mass is 1620 g/mol. The lowest BCUT2D eigenvalue weighted by Gasteiger charge is -2.24. The number of nitrogens with zero attached hydrogens (tertiary/aromatic N) is 4. The number of hydrogen-bond acceptors (Lipinski definition) is 11. The smallest absolute Gasteiger partial charge is 0.407 e. The van der Waals surface area contributed by atoms with E-state index in [9.17, 15) is 24.3 Å². The predicted octanol–water partition coefficient (Wildman–Crippen LogP) is 19.1. The summed E-state index contributed by atoms with van der Waals surface area (Å²) < 4.78 is 19.7. The first kappa shape index (κ1) is 75.2. The number of aryl methyl sites for hydroxylation is 1. The number of aliphatic carboxylic acids is 1. The van der Waals surface area contributed by atoms with Gasteiger partial charge >= 0.3 is 24.1 Å². The van der Waals surface area contributed by atoms with Crippen molar-refractivity contribution in [3.05, 3.63) is 312 Å². The zero-order valence-corrected chi connectivity index (χ0v) is 61.6. The summed E-state index contributed by atoms with van der Waals surface area (Å²) in [6, 6.07) is 65.8. The number of rotatable bonds is 15. The lowest BCUT2D eigenvalue weighted by Crippen LogP contribution is -2.46. The van der Waals surface area contributed by atoms with Crippen molar-refractivity contribution in [2.75, 3.05) is 13.2 Å². The van der Waals surface area contributed by atoms with Crippen molar-refractivity contribution < 1.29 is 38.5 Å². The lowest BCUT2D eigenvalue weighted by atomic mass is 9.98. The van der Waals surface area contributed by atoms with Crippen molar-refractivity contribution in [2.24, 2.45) is 0 Å². The van der Waals surface area contributed by atoms with Crippen LogP contribution in [0.1, 0.15) is 88.2 Å². The number of halogens is 6. The van der Waals surface area contributed by atoms with Gasteiger partial charge in [0.25, 0.3) is 0 Å². The second-order valence-electron chi connectivity index (χ2n) is 22.8. The summed E-state index contributed by atoms with van der Waals surface area (Å²) in [7, 11) is 0. The molecule has 6 aromatic carbocycles. The fraction of sp³-hybridized carbons (Fsp3) is 0.184. The summed E-state index contributed by atoms with van der Waals surface area (Å²) in [5, 5.41) is 15.5. The highest BCUT2D eigenvalue weighted by atomic mass is 79.9. The third-order valence-corrected chi connectivity index (χ3v) is 17.3. The first-order chi connectivity index (χ1) is 45.7. The average Bonchev–Trinajstić information content (AvgIpc) is 1.63. The van der Waals surface area contributed by atoms with E-state index in [0.29, 0.717) is 14.8 Å². The standard InChI is InChI=1S/C27H27BrN2O4.C23H19BrN2O4.C14H12.C6H5Br2N.C6H6BrN.ClH/c1-27(2,3)34-25(31)23(14-17-12-13-24(28)29-15-17)30-26(32)33-16-22-20-10-6-4-8-18(20)19-9-5-7-11-21(19)22;24-21-10-9-14(12-25-21)11-20(22(27)28)26-23(29)30-13-19-17-7-3-1-5-15(17)16-6-2-4-8-18(16)19;1-12(13-8-4-2-5-9-13)14-10-6-3-7-11-14;7-3-5-1-2-6(8)9-4-5;1-5-2-3-6(7)8-4-5;/h4-13,15,22-23H,14,16H2,1-3H3,(H,30,32);1-10,12,19-20H,11,13H2,(H,26,29)(H,27,28);2-11H,1H2;1-2,4H,3H2;2-4H,1H3;1H/t23-;20-;;;;/m00..../s1. The molecule has 0 aliphatic heterocycles. The molecule has 3 N–H and O–H groups in total. The highest BCUT2D eigenvalue weighted by Crippen LogP contribution is 2.46. The second kappa shape index (κ2) is 37.4. The van der Waals surface area contributed by atoms with Crippen LogP contribution in [0.15, 0.2) is 256 Å². The van der Waals surface area contributed by atoms with Crippen molar-refractivity contribution in [1.29, 1.82) is 0 Å². The molecule has 4 heterocycles. The minimum absolute atomic E-state index is 0. The number of pyridine rings is 4. The maximum absolute atomic E-state index is 12.8. The molecule has 20 heteroatoms. The van der Waals surface area contributed by atoms with Crippen LogP contribution in [0.2, 0.25) is 0 Å². The van der Waals surface area contributed by atoms with E-state index in [1.54, 1.807) is 51.4 Å². The van der Waals surface area contributed by atoms with Gasteiger partial charge in [-0.1, -0.05) is 204 Å². The van der Waals surface area contributed by atoms with Gasteiger partial charge in [-0.3, -0.25) is 0 Å². The number of esters is 1. The molecule has 0 fully saturated rings. The lowest BCUT2D eigenvalue weighted by molar-refractivity contribution is -0.157. The molecule has 2 aliphatic rings. The number of carbonyl (C=O) groups excluding carboxylic acids is 3. The maximum Gasteiger partial charge on any atom is 0.407 e. The van der Waals surface area contributed by atoms with Crippen molar-refractivity contribution in [2.45, 2.75) is 75.4 Å². The highest BCUT2D eigenvalue weighted by molar-refractivity contribution is 9.11. The van der Waals surface area contributed by atoms with Gasteiger partial charge < -0.3 is 30.0 Å². The summed E-state index contributed by atoms with van der Waals surface area (Å²) in [5.41, 5.74) is 15.6. The van der Waals surface area contributed by atoms with Gasteiger partial charge in [-0.2, -0.15) is 0 Å². The van der Waals surface area contributed by atoms with Gasteiger partial charge in [0.1, 0.15) is 49.3 Å². The third kappa shape index (κ3) is 22.7. The molecule has 96 heavy (non-hydrogen) atoms. The zero-order chi connectivity index (χ0) is 67.9. The Morgan fingerprint density at radius 3 is 1.14 bits per heavy atom. The number of ether oxygens (including phenoxy) is 3. The molecule has 12 rings (SSSR count). The Kier molecular flexibility index (Phi) is 29.3. The van der Waals surface area contributed by atoms with Gasteiger partial charge in [-0.15, -0.1) is 12.4 Å². The van der Waals surface area contributed by atoms with E-state index >= 15 is 0 Å². The Bertz CT molecular complexity index is 4020. The van der Waals surface area contributed by atoms with E-state index in [-0.39, 0.29) is 50.3 Å². The quantitative estimate of drug-likeness (QED) is 0.0381. The Hall–Kier alpha value is -8.17. The fourth-order valence-corrected chi connectivity index (χ4v) is 11.5. The van der Waals surface area contributed by atoms with Gasteiger partial charge in [-0.25, -0.2) is 39.1 Å². The van der Waals surface area contributed by atoms with Crippen LogP contribution in [-0.4, -0.2) is 80.1 Å². The minimum Gasteiger partial charge on any atom is -0.480 e. The maximum atomic E-state index is 12.8. The van der Waals surface area contributed by atoms with Crippen molar-refractivity contribution in [3.63, 3.8) is 0 Å². The molecule has 4 aromatic heterocycles. The summed E-state index contributed by atoms with van der Waals surface area (Å²) in [6.45, 7) is 11.8. The largest absolute Gasteiger partial charge is 0.480 e. The number of fused-ring (bicyclic) bond motifs is 6. The Morgan fingerprint density at radius 1 is 0.479 bits per heavy atom. The second-order valence-corrected chi connectivity index (χ2v) is 26.6. The minimum atomic E-state index is -1.13. The number of carbonyl (C=O) groups is 4. The molecular weight excluding hydrogens is 1560 g/mol. The Labute approximate surface area is 608 Å². The molecule has 2 aliphatic carbocycles. The molecule has 2 atom stereocenters. The molecule has 0 saturated carbocycles. The van der Waals surface area contributed by atoms with Crippen LogP contribution in [0.25, 0.3) is 27.8 Å². The first-order valence-corrected chi connectivity index (χ1v) is 34.5. The van der Waals surface area contributed by atoms with E-state index < -0.39 is 41.8 Å². The number of hydrogen-bond donors (Lipinski definition) is 3. The Morgan fingerprint density at radius 2 is 0.812 bits per heavy atom. The number of carboxylic acids is 1. The van der Waals surface area contributed by atoms with Gasteiger partial charge in [-0.05, 0) is 199 Å². The molecule has 10 aromatic rings. The number of benzene rings is 6. The Balaban J connectivity index is 0.000000188. The van der Waals surface area contributed by atoms with Gasteiger partial charge in [0.05, 0.1) is 0 Å². The van der Waals surface area contributed by atoms with Crippen LogP contribution in [0.3, 0.4) is 0 Å². The first-order valence-electron chi connectivity index (χ1n) is 30.2. The molecule has 0 spiro atoms. The van der Waals surface area contributed by atoms with Crippen LogP contribution >= 0.6 is 92.1 Å². The van der Waals surface area contributed by atoms with E-state index in [1.807, 2.05) is 147 Å². The van der Waals surface area contributed by atoms with E-state index in [2.05, 4.69) is 177 Å². The topological polar surface area (TPSA) is 192 Å². The van der Waals surface area contributed by atoms with Crippen molar-refractivity contribution in [1.82, 2.24) is 30.6 Å². The summed E-state index contributed by atoms with van der Waals surface area (Å²) >= 11 is 16.4. The molecule has 494 valence electrons. The zero-order valence-electron chi connectivity index (χ0n) is 52.9. The normalized spacial score (nSPS) is 12.0. The average molecular weight is 1630 g/mol. The molecule has 0 radical (unpaired) electrons. The van der Waals surface area contributed by atoms with Crippen LogP contribution in [0.4, 0.5) is 9.59 Å². The van der Waals surface area contributed by atoms with E-state index in [0.717, 1.165) is 70.2 Å². The van der Waals surface area contributed by atoms with Crippen molar-refractivity contribution in [3.8, 4) is 22.3 Å².